The fraction of sp³-hybridized carbons (Fsp3) is 0.600. The predicted octanol–water partition coefficient (Wildman–Crippen LogP) is 5.74. The van der Waals surface area contributed by atoms with Crippen molar-refractivity contribution in [3.05, 3.63) is 28.8 Å². The lowest BCUT2D eigenvalue weighted by atomic mass is 9.84. The molecule has 0 aliphatic heterocycles. The minimum Gasteiger partial charge on any atom is -0.382 e. The Morgan fingerprint density at radius 1 is 1.15 bits per heavy atom. The monoisotopic (exact) mass is 305 g/mol. The zero-order valence-corrected chi connectivity index (χ0v) is 12.2. The van der Waals surface area contributed by atoms with Crippen molar-refractivity contribution >= 4 is 17.3 Å². The first kappa shape index (κ1) is 15.5. The summed E-state index contributed by atoms with van der Waals surface area (Å²) in [6, 6.07) is 3.90. The average Bonchev–Trinajstić information content (AvgIpc) is 2.38. The summed E-state index contributed by atoms with van der Waals surface area (Å²) in [4.78, 5) is 0. The van der Waals surface area contributed by atoms with Gasteiger partial charge in [-0.3, -0.25) is 0 Å². The number of hydrogen-bond acceptors (Lipinski definition) is 1. The van der Waals surface area contributed by atoms with Crippen molar-refractivity contribution in [3.63, 3.8) is 0 Å². The normalized spacial score (nSPS) is 23.6. The van der Waals surface area contributed by atoms with Gasteiger partial charge in [-0.1, -0.05) is 24.9 Å². The van der Waals surface area contributed by atoms with E-state index in [1.807, 2.05) is 0 Å². The summed E-state index contributed by atoms with van der Waals surface area (Å²) >= 11 is 5.78. The van der Waals surface area contributed by atoms with Crippen molar-refractivity contribution in [2.75, 3.05) is 5.32 Å². The van der Waals surface area contributed by atoms with E-state index in [9.17, 15) is 13.2 Å². The predicted molar refractivity (Wildman–Crippen MR) is 76.1 cm³/mol. The lowest BCUT2D eigenvalue weighted by molar-refractivity contribution is -0.137. The van der Waals surface area contributed by atoms with Crippen LogP contribution in [0, 0.1) is 5.92 Å². The second-order valence-corrected chi connectivity index (χ2v) is 5.93. The summed E-state index contributed by atoms with van der Waals surface area (Å²) in [5.74, 6) is 0.762. The number of hydrogen-bond donors (Lipinski definition) is 1. The molecule has 0 heterocycles. The highest BCUT2D eigenvalue weighted by Crippen LogP contribution is 2.34. The van der Waals surface area contributed by atoms with Crippen LogP contribution in [0.4, 0.5) is 18.9 Å². The van der Waals surface area contributed by atoms with Crippen molar-refractivity contribution in [2.45, 2.75) is 51.2 Å². The Balaban J connectivity index is 2.05. The molecule has 5 heteroatoms. The van der Waals surface area contributed by atoms with Gasteiger partial charge >= 0.3 is 6.18 Å². The molecule has 0 radical (unpaired) electrons. The molecule has 2 rings (SSSR count). The first-order chi connectivity index (χ1) is 9.38. The standard InChI is InChI=1S/C15H19ClF3N/c1-2-10-3-5-13(6-4-10)20-14-8-11(15(17,18)19)7-12(16)9-14/h7-10,13,20H,2-6H2,1H3. The zero-order valence-electron chi connectivity index (χ0n) is 11.4. The molecule has 1 nitrogen and oxygen atoms in total. The first-order valence-electron chi connectivity index (χ1n) is 7.03. The number of benzene rings is 1. The maximum Gasteiger partial charge on any atom is 0.416 e. The van der Waals surface area contributed by atoms with Crippen LogP contribution >= 0.6 is 11.6 Å². The van der Waals surface area contributed by atoms with Crippen LogP contribution in [-0.2, 0) is 6.18 Å². The van der Waals surface area contributed by atoms with Crippen LogP contribution < -0.4 is 5.32 Å². The van der Waals surface area contributed by atoms with E-state index in [1.54, 1.807) is 6.07 Å². The molecule has 0 amide bonds. The van der Waals surface area contributed by atoms with E-state index in [0.29, 0.717) is 5.69 Å². The second-order valence-electron chi connectivity index (χ2n) is 5.50. The van der Waals surface area contributed by atoms with Gasteiger partial charge in [0.25, 0.3) is 0 Å². The van der Waals surface area contributed by atoms with Crippen LogP contribution in [0.25, 0.3) is 0 Å². The van der Waals surface area contributed by atoms with E-state index in [4.69, 9.17) is 11.6 Å². The van der Waals surface area contributed by atoms with Gasteiger partial charge in [0.2, 0.25) is 0 Å². The molecule has 112 valence electrons. The van der Waals surface area contributed by atoms with Gasteiger partial charge < -0.3 is 5.32 Å². The molecule has 0 saturated heterocycles. The Kier molecular flexibility index (Phi) is 4.84. The molecular formula is C15H19ClF3N. The molecule has 0 spiro atoms. The third-order valence-corrected chi connectivity index (χ3v) is 4.24. The summed E-state index contributed by atoms with van der Waals surface area (Å²) in [6.07, 6.45) is 1.11. The van der Waals surface area contributed by atoms with Crippen LogP contribution in [0.5, 0.6) is 0 Å². The Labute approximate surface area is 122 Å². The Bertz CT molecular complexity index is 451. The quantitative estimate of drug-likeness (QED) is 0.751. The van der Waals surface area contributed by atoms with Crippen LogP contribution in [0.3, 0.4) is 0 Å². The summed E-state index contributed by atoms with van der Waals surface area (Å²) in [6.45, 7) is 2.19. The lowest BCUT2D eigenvalue weighted by Gasteiger charge is -2.29. The molecule has 1 N–H and O–H groups in total. The van der Waals surface area contributed by atoms with Crippen LogP contribution in [-0.4, -0.2) is 6.04 Å². The summed E-state index contributed by atoms with van der Waals surface area (Å²) in [5, 5.41) is 3.31. The number of anilines is 1. The van der Waals surface area contributed by atoms with E-state index in [-0.39, 0.29) is 11.1 Å². The highest BCUT2D eigenvalue weighted by molar-refractivity contribution is 6.30. The van der Waals surface area contributed by atoms with Crippen molar-refractivity contribution in [3.8, 4) is 0 Å². The smallest absolute Gasteiger partial charge is 0.382 e. The summed E-state index contributed by atoms with van der Waals surface area (Å²) < 4.78 is 38.2. The van der Waals surface area contributed by atoms with Crippen molar-refractivity contribution in [2.24, 2.45) is 5.92 Å². The minimum absolute atomic E-state index is 0.115. The van der Waals surface area contributed by atoms with Gasteiger partial charge in [-0.05, 0) is 49.8 Å². The molecule has 1 aliphatic carbocycles. The topological polar surface area (TPSA) is 12.0 Å². The molecule has 0 atom stereocenters. The number of halogens is 4. The van der Waals surface area contributed by atoms with Crippen molar-refractivity contribution in [1.82, 2.24) is 0 Å². The third-order valence-electron chi connectivity index (χ3n) is 4.02. The van der Waals surface area contributed by atoms with Crippen LogP contribution in [0.15, 0.2) is 18.2 Å². The summed E-state index contributed by atoms with van der Waals surface area (Å²) in [7, 11) is 0. The molecule has 0 aromatic heterocycles. The Morgan fingerprint density at radius 2 is 1.80 bits per heavy atom. The molecule has 1 saturated carbocycles. The number of nitrogens with one attached hydrogen (secondary N) is 1. The second kappa shape index (κ2) is 6.25. The van der Waals surface area contributed by atoms with Crippen molar-refractivity contribution < 1.29 is 13.2 Å². The van der Waals surface area contributed by atoms with Gasteiger partial charge in [0, 0.05) is 16.8 Å². The van der Waals surface area contributed by atoms with Gasteiger partial charge in [0.15, 0.2) is 0 Å². The van der Waals surface area contributed by atoms with Crippen molar-refractivity contribution in [1.29, 1.82) is 0 Å². The minimum atomic E-state index is -4.36. The Morgan fingerprint density at radius 3 is 2.35 bits per heavy atom. The molecule has 1 aromatic carbocycles. The molecule has 0 unspecified atom stereocenters. The van der Waals surface area contributed by atoms with Gasteiger partial charge in [0.05, 0.1) is 5.56 Å². The highest BCUT2D eigenvalue weighted by atomic mass is 35.5. The van der Waals surface area contributed by atoms with E-state index in [1.165, 1.54) is 6.42 Å². The largest absolute Gasteiger partial charge is 0.416 e. The van der Waals surface area contributed by atoms with Gasteiger partial charge in [0.1, 0.15) is 0 Å². The van der Waals surface area contributed by atoms with Crippen LogP contribution in [0.1, 0.15) is 44.6 Å². The fourth-order valence-electron chi connectivity index (χ4n) is 2.79. The van der Waals surface area contributed by atoms with Crippen LogP contribution in [0.2, 0.25) is 5.02 Å². The zero-order chi connectivity index (χ0) is 14.8. The van der Waals surface area contributed by atoms with E-state index in [0.717, 1.165) is 43.7 Å². The van der Waals surface area contributed by atoms with E-state index >= 15 is 0 Å². The Hall–Kier alpha value is -0.900. The molecule has 1 aliphatic rings. The van der Waals surface area contributed by atoms with E-state index < -0.39 is 11.7 Å². The number of alkyl halides is 3. The SMILES string of the molecule is CCC1CCC(Nc2cc(Cl)cc(C(F)(F)F)c2)CC1. The van der Waals surface area contributed by atoms with Gasteiger partial charge in [-0.15, -0.1) is 0 Å². The first-order valence-corrected chi connectivity index (χ1v) is 7.40. The number of rotatable bonds is 3. The highest BCUT2D eigenvalue weighted by Gasteiger charge is 2.31. The maximum atomic E-state index is 12.7. The van der Waals surface area contributed by atoms with Gasteiger partial charge in [-0.25, -0.2) is 0 Å². The summed E-state index contributed by atoms with van der Waals surface area (Å²) in [5.41, 5.74) is -0.237. The molecule has 1 fully saturated rings. The maximum absolute atomic E-state index is 12.7. The lowest BCUT2D eigenvalue weighted by Crippen LogP contribution is -2.26. The molecule has 1 aromatic rings. The van der Waals surface area contributed by atoms with E-state index in [2.05, 4.69) is 12.2 Å². The molecule has 20 heavy (non-hydrogen) atoms. The van der Waals surface area contributed by atoms with Gasteiger partial charge in [-0.2, -0.15) is 13.2 Å². The molecular weight excluding hydrogens is 287 g/mol. The average molecular weight is 306 g/mol. The third kappa shape index (κ3) is 4.05. The fourth-order valence-corrected chi connectivity index (χ4v) is 3.02. The molecule has 0 bridgehead atoms.